The van der Waals surface area contributed by atoms with Crippen molar-refractivity contribution < 1.29 is 19.4 Å². The summed E-state index contributed by atoms with van der Waals surface area (Å²) >= 11 is 0. The highest BCUT2D eigenvalue weighted by atomic mass is 16.5. The van der Waals surface area contributed by atoms with Gasteiger partial charge in [0.2, 0.25) is 5.91 Å². The van der Waals surface area contributed by atoms with E-state index in [1.54, 1.807) is 14.0 Å². The van der Waals surface area contributed by atoms with Crippen molar-refractivity contribution in [3.8, 4) is 0 Å². The van der Waals surface area contributed by atoms with Crippen LogP contribution in [-0.2, 0) is 14.3 Å². The first-order valence-electron chi connectivity index (χ1n) is 5.03. The van der Waals surface area contributed by atoms with Crippen LogP contribution in [0.15, 0.2) is 0 Å². The van der Waals surface area contributed by atoms with Crippen LogP contribution in [-0.4, -0.2) is 48.2 Å². The summed E-state index contributed by atoms with van der Waals surface area (Å²) in [4.78, 5) is 23.3. The molecule has 0 saturated carbocycles. The lowest BCUT2D eigenvalue weighted by Crippen LogP contribution is -2.35. The van der Waals surface area contributed by atoms with Gasteiger partial charge in [-0.05, 0) is 20.3 Å². The van der Waals surface area contributed by atoms with Gasteiger partial charge in [-0.25, -0.2) is 0 Å². The monoisotopic (exact) mass is 217 g/mol. The third kappa shape index (κ3) is 6.06. The first kappa shape index (κ1) is 13.9. The summed E-state index contributed by atoms with van der Waals surface area (Å²) in [7, 11) is 1.59. The van der Waals surface area contributed by atoms with Crippen LogP contribution in [0.4, 0.5) is 0 Å². The predicted octanol–water partition coefficient (Wildman–Crippen LogP) is 0.735. The molecule has 0 aliphatic rings. The zero-order valence-electron chi connectivity index (χ0n) is 9.52. The van der Waals surface area contributed by atoms with Crippen LogP contribution in [0.25, 0.3) is 0 Å². The van der Waals surface area contributed by atoms with Crippen molar-refractivity contribution in [3.05, 3.63) is 0 Å². The molecule has 0 bridgehead atoms. The van der Waals surface area contributed by atoms with Crippen molar-refractivity contribution in [2.45, 2.75) is 32.8 Å². The minimum Gasteiger partial charge on any atom is -0.480 e. The minimum absolute atomic E-state index is 0.0254. The summed E-state index contributed by atoms with van der Waals surface area (Å²) in [5.74, 6) is -1.12. The molecule has 0 aromatic carbocycles. The molecule has 0 radical (unpaired) electrons. The van der Waals surface area contributed by atoms with Crippen LogP contribution in [0.3, 0.4) is 0 Å². The lowest BCUT2D eigenvalue weighted by atomic mass is 10.2. The Bertz CT molecular complexity index is 217. The second-order valence-electron chi connectivity index (χ2n) is 3.39. The number of ether oxygens (including phenoxy) is 1. The fraction of sp³-hybridized carbons (Fsp3) is 0.800. The van der Waals surface area contributed by atoms with E-state index in [-0.39, 0.29) is 18.6 Å². The summed E-state index contributed by atoms with van der Waals surface area (Å²) in [6.45, 7) is 3.84. The normalized spacial score (nSPS) is 12.2. The smallest absolute Gasteiger partial charge is 0.323 e. The van der Waals surface area contributed by atoms with Gasteiger partial charge in [-0.15, -0.1) is 0 Å². The van der Waals surface area contributed by atoms with Crippen molar-refractivity contribution >= 4 is 11.9 Å². The third-order valence-electron chi connectivity index (χ3n) is 2.23. The van der Waals surface area contributed by atoms with E-state index in [1.807, 2.05) is 6.92 Å². The molecule has 0 spiro atoms. The van der Waals surface area contributed by atoms with Crippen molar-refractivity contribution in [2.75, 3.05) is 20.2 Å². The van der Waals surface area contributed by atoms with Crippen molar-refractivity contribution in [1.82, 2.24) is 4.90 Å². The molecule has 1 atom stereocenters. The maximum atomic E-state index is 11.5. The van der Waals surface area contributed by atoms with Gasteiger partial charge in [-0.3, -0.25) is 9.59 Å². The highest BCUT2D eigenvalue weighted by Crippen LogP contribution is 2.03. The summed E-state index contributed by atoms with van der Waals surface area (Å²) < 4.78 is 5.01. The maximum absolute atomic E-state index is 11.5. The Labute approximate surface area is 90.0 Å². The largest absolute Gasteiger partial charge is 0.480 e. The number of amides is 1. The van der Waals surface area contributed by atoms with E-state index in [4.69, 9.17) is 9.84 Å². The molecule has 1 unspecified atom stereocenters. The number of hydrogen-bond acceptors (Lipinski definition) is 3. The number of carboxylic acid groups (broad SMARTS) is 1. The molecule has 5 nitrogen and oxygen atoms in total. The van der Waals surface area contributed by atoms with Crippen molar-refractivity contribution in [1.29, 1.82) is 0 Å². The first-order valence-corrected chi connectivity index (χ1v) is 5.03. The minimum atomic E-state index is -0.981. The Morgan fingerprint density at radius 2 is 2.07 bits per heavy atom. The first-order chi connectivity index (χ1) is 7.01. The number of hydrogen-bond donors (Lipinski definition) is 1. The SMILES string of the molecule is CCN(CC(=O)O)C(=O)CCC(C)OC. The van der Waals surface area contributed by atoms with Crippen molar-refractivity contribution in [3.63, 3.8) is 0 Å². The molecule has 0 heterocycles. The molecule has 0 rings (SSSR count). The lowest BCUT2D eigenvalue weighted by Gasteiger charge is -2.19. The molecular weight excluding hydrogens is 198 g/mol. The number of carboxylic acids is 1. The van der Waals surface area contributed by atoms with Gasteiger partial charge in [0.15, 0.2) is 0 Å². The van der Waals surface area contributed by atoms with E-state index >= 15 is 0 Å². The summed E-state index contributed by atoms with van der Waals surface area (Å²) in [5, 5.41) is 8.57. The molecule has 0 aliphatic heterocycles. The number of rotatable bonds is 7. The third-order valence-corrected chi connectivity index (χ3v) is 2.23. The van der Waals surface area contributed by atoms with Gasteiger partial charge >= 0.3 is 5.97 Å². The molecule has 1 N–H and O–H groups in total. The second-order valence-corrected chi connectivity index (χ2v) is 3.39. The Balaban J connectivity index is 3.99. The number of nitrogens with zero attached hydrogens (tertiary/aromatic N) is 1. The van der Waals surface area contributed by atoms with E-state index in [0.29, 0.717) is 19.4 Å². The van der Waals surface area contributed by atoms with Gasteiger partial charge in [-0.2, -0.15) is 0 Å². The fourth-order valence-electron chi connectivity index (χ4n) is 1.14. The molecule has 0 saturated heterocycles. The van der Waals surface area contributed by atoms with Crippen LogP contribution >= 0.6 is 0 Å². The highest BCUT2D eigenvalue weighted by molar-refractivity contribution is 5.81. The molecule has 5 heteroatoms. The van der Waals surface area contributed by atoms with Crippen molar-refractivity contribution in [2.24, 2.45) is 0 Å². The van der Waals surface area contributed by atoms with E-state index in [1.165, 1.54) is 4.90 Å². The van der Waals surface area contributed by atoms with Gasteiger partial charge in [-0.1, -0.05) is 0 Å². The van der Waals surface area contributed by atoms with Crippen LogP contribution in [0, 0.1) is 0 Å². The zero-order chi connectivity index (χ0) is 11.8. The van der Waals surface area contributed by atoms with Gasteiger partial charge in [0.25, 0.3) is 0 Å². The molecule has 1 amide bonds. The van der Waals surface area contributed by atoms with Crippen LogP contribution in [0.1, 0.15) is 26.7 Å². The van der Waals surface area contributed by atoms with E-state index in [9.17, 15) is 9.59 Å². The molecule has 0 aromatic heterocycles. The fourth-order valence-corrected chi connectivity index (χ4v) is 1.14. The molecule has 88 valence electrons. The summed E-state index contributed by atoms with van der Waals surface area (Å²) in [6.07, 6.45) is 0.971. The number of likely N-dealkylation sites (N-methyl/N-ethyl adjacent to an activating group) is 1. The van der Waals surface area contributed by atoms with Gasteiger partial charge < -0.3 is 14.7 Å². The van der Waals surface area contributed by atoms with Crippen LogP contribution in [0.5, 0.6) is 0 Å². The molecule has 0 aromatic rings. The summed E-state index contributed by atoms with van der Waals surface area (Å²) in [6, 6.07) is 0. The van der Waals surface area contributed by atoms with Gasteiger partial charge in [0.1, 0.15) is 6.54 Å². The number of carbonyl (C=O) groups excluding carboxylic acids is 1. The highest BCUT2D eigenvalue weighted by Gasteiger charge is 2.15. The Morgan fingerprint density at radius 1 is 1.47 bits per heavy atom. The number of aliphatic carboxylic acids is 1. The molecular formula is C10H19NO4. The number of methoxy groups -OCH3 is 1. The molecule has 15 heavy (non-hydrogen) atoms. The quantitative estimate of drug-likeness (QED) is 0.682. The van der Waals surface area contributed by atoms with E-state index in [2.05, 4.69) is 0 Å². The summed E-state index contributed by atoms with van der Waals surface area (Å²) in [5.41, 5.74) is 0. The lowest BCUT2D eigenvalue weighted by molar-refractivity contribution is -0.144. The Morgan fingerprint density at radius 3 is 2.47 bits per heavy atom. The molecule has 0 fully saturated rings. The van der Waals surface area contributed by atoms with E-state index in [0.717, 1.165) is 0 Å². The van der Waals surface area contributed by atoms with Crippen LogP contribution in [0.2, 0.25) is 0 Å². The van der Waals surface area contributed by atoms with Gasteiger partial charge in [0.05, 0.1) is 6.10 Å². The zero-order valence-corrected chi connectivity index (χ0v) is 9.52. The van der Waals surface area contributed by atoms with E-state index < -0.39 is 5.97 Å². The standard InChI is InChI=1S/C10H19NO4/c1-4-11(7-10(13)14)9(12)6-5-8(2)15-3/h8H,4-7H2,1-3H3,(H,13,14). The maximum Gasteiger partial charge on any atom is 0.323 e. The molecule has 0 aliphatic carbocycles. The van der Waals surface area contributed by atoms with Crippen LogP contribution < -0.4 is 0 Å². The Kier molecular flexibility index (Phi) is 6.70. The topological polar surface area (TPSA) is 66.8 Å². The second kappa shape index (κ2) is 7.23. The average molecular weight is 217 g/mol. The predicted molar refractivity (Wildman–Crippen MR) is 55.6 cm³/mol. The number of carbonyl (C=O) groups is 2. The average Bonchev–Trinajstić information content (AvgIpc) is 2.21. The Hall–Kier alpha value is -1.10. The van der Waals surface area contributed by atoms with Gasteiger partial charge in [0, 0.05) is 20.1 Å².